The van der Waals surface area contributed by atoms with Crippen molar-refractivity contribution in [1.82, 2.24) is 20.4 Å². The first-order valence-electron chi connectivity index (χ1n) is 9.89. The van der Waals surface area contributed by atoms with Crippen molar-refractivity contribution >= 4 is 17.2 Å². The number of nitrogens with one attached hydrogen (secondary N) is 1. The fourth-order valence-electron chi connectivity index (χ4n) is 3.75. The van der Waals surface area contributed by atoms with Crippen LogP contribution in [0.1, 0.15) is 62.0 Å². The van der Waals surface area contributed by atoms with E-state index in [4.69, 9.17) is 4.52 Å². The molecular weight excluding hydrogens is 384 g/mol. The van der Waals surface area contributed by atoms with Gasteiger partial charge in [0.15, 0.2) is 0 Å². The molecule has 3 aromatic rings. The number of aromatic nitrogens is 2. The maximum absolute atomic E-state index is 12.9. The molecule has 1 N–H and O–H groups in total. The minimum Gasteiger partial charge on any atom is -0.361 e. The zero-order chi connectivity index (χ0) is 20.5. The van der Waals surface area contributed by atoms with E-state index in [1.165, 1.54) is 16.0 Å². The fourth-order valence-corrected chi connectivity index (χ4v) is 4.87. The maximum Gasteiger partial charge on any atom is 0.252 e. The lowest BCUT2D eigenvalue weighted by Gasteiger charge is -2.27. The predicted molar refractivity (Wildman–Crippen MR) is 113 cm³/mol. The third-order valence-electron chi connectivity index (χ3n) is 5.62. The van der Waals surface area contributed by atoms with Gasteiger partial charge in [-0.3, -0.25) is 14.7 Å². The van der Waals surface area contributed by atoms with Crippen molar-refractivity contribution in [3.05, 3.63) is 68.0 Å². The van der Waals surface area contributed by atoms with Crippen LogP contribution in [0.2, 0.25) is 0 Å². The largest absolute Gasteiger partial charge is 0.361 e. The summed E-state index contributed by atoms with van der Waals surface area (Å²) in [6.07, 6.45) is 2.71. The van der Waals surface area contributed by atoms with E-state index in [1.807, 2.05) is 51.4 Å². The van der Waals surface area contributed by atoms with Gasteiger partial charge in [-0.25, -0.2) is 0 Å². The van der Waals surface area contributed by atoms with E-state index in [0.29, 0.717) is 0 Å². The van der Waals surface area contributed by atoms with Gasteiger partial charge in [0, 0.05) is 47.3 Å². The van der Waals surface area contributed by atoms with Crippen LogP contribution in [0.4, 0.5) is 0 Å². The zero-order valence-corrected chi connectivity index (χ0v) is 18.1. The predicted octanol–water partition coefficient (Wildman–Crippen LogP) is 4.11. The molecule has 0 saturated heterocycles. The molecular formula is C22H26N4O2S. The van der Waals surface area contributed by atoms with Crippen LogP contribution >= 0.6 is 11.3 Å². The van der Waals surface area contributed by atoms with Crippen LogP contribution in [0.25, 0.3) is 0 Å². The van der Waals surface area contributed by atoms with Crippen molar-refractivity contribution in [2.75, 3.05) is 6.54 Å². The van der Waals surface area contributed by atoms with Gasteiger partial charge in [-0.15, -0.1) is 11.3 Å². The number of carbonyl (C=O) groups is 1. The number of carbonyl (C=O) groups excluding carboxylic acids is 1. The molecule has 0 aromatic carbocycles. The molecule has 0 fully saturated rings. The summed E-state index contributed by atoms with van der Waals surface area (Å²) in [5.74, 6) is 0.883. The van der Waals surface area contributed by atoms with E-state index >= 15 is 0 Å². The Morgan fingerprint density at radius 1 is 1.34 bits per heavy atom. The van der Waals surface area contributed by atoms with Gasteiger partial charge in [0.05, 0.1) is 17.3 Å². The molecule has 0 bridgehead atoms. The van der Waals surface area contributed by atoms with Crippen LogP contribution in [-0.4, -0.2) is 27.5 Å². The van der Waals surface area contributed by atoms with Gasteiger partial charge in [0.2, 0.25) is 0 Å². The van der Waals surface area contributed by atoms with Gasteiger partial charge in [0.25, 0.3) is 5.91 Å². The van der Waals surface area contributed by atoms with Crippen LogP contribution in [0, 0.1) is 20.8 Å². The molecule has 0 radical (unpaired) electrons. The van der Waals surface area contributed by atoms with Crippen LogP contribution in [0.3, 0.4) is 0 Å². The van der Waals surface area contributed by atoms with E-state index in [9.17, 15) is 4.79 Å². The lowest BCUT2D eigenvalue weighted by Crippen LogP contribution is -2.32. The highest BCUT2D eigenvalue weighted by atomic mass is 32.1. The Bertz CT molecular complexity index is 1000. The monoisotopic (exact) mass is 410 g/mol. The van der Waals surface area contributed by atoms with Crippen molar-refractivity contribution in [2.45, 2.75) is 53.2 Å². The standard InChI is InChI=1S/C22H26N4O2S/c1-13-5-6-17(9-23-13)14(2)24-22(27)20-12-29-21-11-26(8-7-18(20)21)10-19-15(3)25-28-16(19)4/h5-6,9,12,14H,7-8,10-11H2,1-4H3,(H,24,27). The highest BCUT2D eigenvalue weighted by molar-refractivity contribution is 7.10. The second-order valence-corrected chi connectivity index (χ2v) is 8.71. The Balaban J connectivity index is 1.43. The Kier molecular flexibility index (Phi) is 5.52. The molecule has 1 amide bonds. The molecule has 1 aliphatic heterocycles. The second-order valence-electron chi connectivity index (χ2n) is 7.74. The van der Waals surface area contributed by atoms with Crippen LogP contribution < -0.4 is 5.32 Å². The molecule has 152 valence electrons. The first-order valence-corrected chi connectivity index (χ1v) is 10.8. The van der Waals surface area contributed by atoms with Gasteiger partial charge in [0.1, 0.15) is 5.76 Å². The zero-order valence-electron chi connectivity index (χ0n) is 17.3. The summed E-state index contributed by atoms with van der Waals surface area (Å²) in [4.78, 5) is 20.9. The number of hydrogen-bond acceptors (Lipinski definition) is 6. The highest BCUT2D eigenvalue weighted by Crippen LogP contribution is 2.30. The lowest BCUT2D eigenvalue weighted by atomic mass is 10.0. The number of rotatable bonds is 5. The Hall–Kier alpha value is -2.51. The summed E-state index contributed by atoms with van der Waals surface area (Å²) in [5, 5.41) is 9.18. The number of fused-ring (bicyclic) bond motifs is 1. The third-order valence-corrected chi connectivity index (χ3v) is 6.63. The number of hydrogen-bond donors (Lipinski definition) is 1. The molecule has 6 nitrogen and oxygen atoms in total. The number of nitrogens with zero attached hydrogens (tertiary/aromatic N) is 3. The summed E-state index contributed by atoms with van der Waals surface area (Å²) >= 11 is 1.68. The lowest BCUT2D eigenvalue weighted by molar-refractivity contribution is 0.0938. The van der Waals surface area contributed by atoms with E-state index in [2.05, 4.69) is 20.4 Å². The van der Waals surface area contributed by atoms with Crippen LogP contribution in [-0.2, 0) is 19.5 Å². The number of pyridine rings is 1. The topological polar surface area (TPSA) is 71.3 Å². The van der Waals surface area contributed by atoms with Gasteiger partial charge in [-0.1, -0.05) is 11.2 Å². The van der Waals surface area contributed by atoms with E-state index in [0.717, 1.165) is 54.3 Å². The smallest absolute Gasteiger partial charge is 0.252 e. The average molecular weight is 411 g/mol. The number of aryl methyl sites for hydroxylation is 3. The molecule has 1 atom stereocenters. The molecule has 4 heterocycles. The summed E-state index contributed by atoms with van der Waals surface area (Å²) < 4.78 is 5.29. The van der Waals surface area contributed by atoms with Gasteiger partial charge in [-0.05, 0) is 51.3 Å². The Morgan fingerprint density at radius 3 is 2.86 bits per heavy atom. The molecule has 0 spiro atoms. The third kappa shape index (κ3) is 4.11. The van der Waals surface area contributed by atoms with Crippen molar-refractivity contribution < 1.29 is 9.32 Å². The summed E-state index contributed by atoms with van der Waals surface area (Å²) in [7, 11) is 0. The molecule has 4 rings (SSSR count). The molecule has 1 unspecified atom stereocenters. The summed E-state index contributed by atoms with van der Waals surface area (Å²) in [5.41, 5.74) is 6.12. The normalized spacial score (nSPS) is 15.2. The molecule has 0 saturated carbocycles. The SMILES string of the molecule is Cc1ccc(C(C)NC(=O)c2csc3c2CCN(Cc2c(C)noc2C)C3)cn1. The second kappa shape index (κ2) is 8.08. The fraction of sp³-hybridized carbons (Fsp3) is 0.409. The molecule has 7 heteroatoms. The minimum absolute atomic E-state index is 0.00486. The van der Waals surface area contributed by atoms with Crippen molar-refractivity contribution in [3.63, 3.8) is 0 Å². The quantitative estimate of drug-likeness (QED) is 0.685. The van der Waals surface area contributed by atoms with E-state index in [1.54, 1.807) is 11.3 Å². The average Bonchev–Trinajstić information content (AvgIpc) is 3.26. The molecule has 1 aliphatic rings. The molecule has 29 heavy (non-hydrogen) atoms. The summed E-state index contributed by atoms with van der Waals surface area (Å²) in [6.45, 7) is 10.5. The summed E-state index contributed by atoms with van der Waals surface area (Å²) in [6, 6.07) is 3.91. The van der Waals surface area contributed by atoms with Gasteiger partial charge in [-0.2, -0.15) is 0 Å². The Morgan fingerprint density at radius 2 is 2.17 bits per heavy atom. The number of amides is 1. The molecule has 0 aliphatic carbocycles. The Labute approximate surface area is 174 Å². The first kappa shape index (κ1) is 19.8. The first-order chi connectivity index (χ1) is 13.9. The van der Waals surface area contributed by atoms with Crippen LogP contribution in [0.5, 0.6) is 0 Å². The van der Waals surface area contributed by atoms with Gasteiger partial charge >= 0.3 is 0 Å². The van der Waals surface area contributed by atoms with Crippen LogP contribution in [0.15, 0.2) is 28.2 Å². The highest BCUT2D eigenvalue weighted by Gasteiger charge is 2.25. The minimum atomic E-state index is -0.0780. The van der Waals surface area contributed by atoms with Crippen molar-refractivity contribution in [1.29, 1.82) is 0 Å². The van der Waals surface area contributed by atoms with Gasteiger partial charge < -0.3 is 9.84 Å². The van der Waals surface area contributed by atoms with Crippen molar-refractivity contribution in [2.24, 2.45) is 0 Å². The van der Waals surface area contributed by atoms with Crippen molar-refractivity contribution in [3.8, 4) is 0 Å². The number of thiophene rings is 1. The van der Waals surface area contributed by atoms with E-state index in [-0.39, 0.29) is 11.9 Å². The van der Waals surface area contributed by atoms with E-state index < -0.39 is 0 Å². The maximum atomic E-state index is 12.9. The molecule has 3 aromatic heterocycles.